The minimum absolute atomic E-state index is 0.0561. The van der Waals surface area contributed by atoms with Gasteiger partial charge in [0.05, 0.1) is 0 Å². The highest BCUT2D eigenvalue weighted by molar-refractivity contribution is 6.27. The molecule has 2 unspecified atom stereocenters. The third-order valence-corrected chi connectivity index (χ3v) is 4.51. The molecule has 0 N–H and O–H groups in total. The van der Waals surface area contributed by atoms with Gasteiger partial charge in [-0.3, -0.25) is 9.69 Å². The number of halogens is 2. The summed E-state index contributed by atoms with van der Waals surface area (Å²) in [6.07, 6.45) is 2.13. The van der Waals surface area contributed by atoms with E-state index in [-0.39, 0.29) is 17.6 Å². The van der Waals surface area contributed by atoms with Gasteiger partial charge >= 0.3 is 0 Å². The number of piperazine rings is 1. The Morgan fingerprint density at radius 2 is 1.80 bits per heavy atom. The molecule has 0 saturated carbocycles. The van der Waals surface area contributed by atoms with E-state index in [9.17, 15) is 9.18 Å². The standard InChI is InChI=1S/C15H18ClFN2O/c16-7-15(20)19-13-5-6-14(19)10-18(9-13)8-11-1-3-12(17)4-2-11/h1-4,13-14H,5-10H2. The molecule has 3 nitrogen and oxygen atoms in total. The topological polar surface area (TPSA) is 23.6 Å². The normalized spacial score (nSPS) is 26.0. The number of hydrogen-bond acceptors (Lipinski definition) is 2. The van der Waals surface area contributed by atoms with Crippen molar-refractivity contribution in [3.63, 3.8) is 0 Å². The maximum Gasteiger partial charge on any atom is 0.238 e. The largest absolute Gasteiger partial charge is 0.333 e. The van der Waals surface area contributed by atoms with E-state index in [2.05, 4.69) is 4.90 Å². The summed E-state index contributed by atoms with van der Waals surface area (Å²) in [5.41, 5.74) is 1.11. The second-order valence-electron chi connectivity index (χ2n) is 5.64. The van der Waals surface area contributed by atoms with Crippen molar-refractivity contribution in [1.82, 2.24) is 9.80 Å². The molecule has 2 saturated heterocycles. The molecule has 2 bridgehead atoms. The van der Waals surface area contributed by atoms with Crippen LogP contribution in [0, 0.1) is 5.82 Å². The van der Waals surface area contributed by atoms with E-state index in [4.69, 9.17) is 11.6 Å². The molecular formula is C15H18ClFN2O. The molecule has 0 radical (unpaired) electrons. The molecule has 108 valence electrons. The molecule has 0 spiro atoms. The second kappa shape index (κ2) is 5.70. The lowest BCUT2D eigenvalue weighted by atomic mass is 10.1. The van der Waals surface area contributed by atoms with Crippen molar-refractivity contribution in [3.05, 3.63) is 35.6 Å². The zero-order chi connectivity index (χ0) is 14.1. The van der Waals surface area contributed by atoms with Crippen LogP contribution in [0.15, 0.2) is 24.3 Å². The zero-order valence-electron chi connectivity index (χ0n) is 11.3. The van der Waals surface area contributed by atoms with Gasteiger partial charge in [0.2, 0.25) is 5.91 Å². The summed E-state index contributed by atoms with van der Waals surface area (Å²) in [4.78, 5) is 16.2. The predicted octanol–water partition coefficient (Wildman–Crippen LogP) is 2.24. The number of fused-ring (bicyclic) bond motifs is 2. The first-order valence-electron chi connectivity index (χ1n) is 7.01. The van der Waals surface area contributed by atoms with Gasteiger partial charge in [0, 0.05) is 31.7 Å². The summed E-state index contributed by atoms with van der Waals surface area (Å²) in [6.45, 7) is 2.59. The van der Waals surface area contributed by atoms with E-state index in [0.29, 0.717) is 12.1 Å². The third kappa shape index (κ3) is 2.67. The first kappa shape index (κ1) is 13.8. The van der Waals surface area contributed by atoms with E-state index in [0.717, 1.165) is 38.0 Å². The van der Waals surface area contributed by atoms with Gasteiger partial charge < -0.3 is 4.90 Å². The zero-order valence-corrected chi connectivity index (χ0v) is 12.0. The summed E-state index contributed by atoms with van der Waals surface area (Å²) >= 11 is 5.68. The van der Waals surface area contributed by atoms with Crippen molar-refractivity contribution in [3.8, 4) is 0 Å². The van der Waals surface area contributed by atoms with Crippen molar-refractivity contribution in [2.24, 2.45) is 0 Å². The van der Waals surface area contributed by atoms with Gasteiger partial charge in [-0.15, -0.1) is 11.6 Å². The van der Waals surface area contributed by atoms with Crippen molar-refractivity contribution in [1.29, 1.82) is 0 Å². The fourth-order valence-electron chi connectivity index (χ4n) is 3.44. The average molecular weight is 297 g/mol. The van der Waals surface area contributed by atoms with Gasteiger partial charge in [0.15, 0.2) is 0 Å². The molecule has 2 fully saturated rings. The quantitative estimate of drug-likeness (QED) is 0.799. The molecular weight excluding hydrogens is 279 g/mol. The molecule has 1 amide bonds. The van der Waals surface area contributed by atoms with E-state index >= 15 is 0 Å². The Bertz CT molecular complexity index is 479. The summed E-state index contributed by atoms with van der Waals surface area (Å²) in [7, 11) is 0. The van der Waals surface area contributed by atoms with E-state index in [1.165, 1.54) is 12.1 Å². The highest BCUT2D eigenvalue weighted by atomic mass is 35.5. The molecule has 1 aromatic carbocycles. The van der Waals surface area contributed by atoms with Gasteiger partial charge in [-0.2, -0.15) is 0 Å². The molecule has 2 aliphatic rings. The summed E-state index contributed by atoms with van der Waals surface area (Å²) < 4.78 is 12.9. The first-order chi connectivity index (χ1) is 9.67. The van der Waals surface area contributed by atoms with Gasteiger partial charge in [0.1, 0.15) is 11.7 Å². The van der Waals surface area contributed by atoms with Crippen LogP contribution in [0.4, 0.5) is 4.39 Å². The van der Waals surface area contributed by atoms with Gasteiger partial charge in [-0.05, 0) is 30.5 Å². The third-order valence-electron chi connectivity index (χ3n) is 4.28. The van der Waals surface area contributed by atoms with Crippen LogP contribution in [0.1, 0.15) is 18.4 Å². The molecule has 2 atom stereocenters. The first-order valence-corrected chi connectivity index (χ1v) is 7.55. The number of likely N-dealkylation sites (tertiary alicyclic amines) is 1. The molecule has 3 rings (SSSR count). The van der Waals surface area contributed by atoms with Crippen molar-refractivity contribution >= 4 is 17.5 Å². The number of nitrogens with zero attached hydrogens (tertiary/aromatic N) is 2. The Labute approximate surface area is 123 Å². The Hall–Kier alpha value is -1.13. The smallest absolute Gasteiger partial charge is 0.238 e. The van der Waals surface area contributed by atoms with Crippen LogP contribution in [-0.2, 0) is 11.3 Å². The van der Waals surface area contributed by atoms with Crippen molar-refractivity contribution in [2.45, 2.75) is 31.5 Å². The second-order valence-corrected chi connectivity index (χ2v) is 5.91. The van der Waals surface area contributed by atoms with Crippen LogP contribution in [0.25, 0.3) is 0 Å². The predicted molar refractivity (Wildman–Crippen MR) is 76.1 cm³/mol. The summed E-state index contributed by atoms with van der Waals surface area (Å²) in [5, 5.41) is 0. The lowest BCUT2D eigenvalue weighted by Crippen LogP contribution is -2.55. The number of hydrogen-bond donors (Lipinski definition) is 0. The minimum atomic E-state index is -0.202. The Kier molecular flexibility index (Phi) is 3.94. The molecule has 2 heterocycles. The Morgan fingerprint density at radius 3 is 2.35 bits per heavy atom. The number of rotatable bonds is 3. The van der Waals surface area contributed by atoms with Crippen molar-refractivity contribution in [2.75, 3.05) is 19.0 Å². The number of benzene rings is 1. The van der Waals surface area contributed by atoms with Gasteiger partial charge in [-0.25, -0.2) is 4.39 Å². The van der Waals surface area contributed by atoms with Crippen LogP contribution >= 0.6 is 11.6 Å². The molecule has 0 aromatic heterocycles. The van der Waals surface area contributed by atoms with E-state index in [1.807, 2.05) is 17.0 Å². The van der Waals surface area contributed by atoms with Crippen molar-refractivity contribution < 1.29 is 9.18 Å². The van der Waals surface area contributed by atoms with Crippen LogP contribution in [0.2, 0.25) is 0 Å². The minimum Gasteiger partial charge on any atom is -0.333 e. The highest BCUT2D eigenvalue weighted by Crippen LogP contribution is 2.31. The van der Waals surface area contributed by atoms with E-state index < -0.39 is 0 Å². The lowest BCUT2D eigenvalue weighted by molar-refractivity contribution is -0.134. The van der Waals surface area contributed by atoms with Gasteiger partial charge in [-0.1, -0.05) is 12.1 Å². The number of carbonyl (C=O) groups excluding carboxylic acids is 1. The fourth-order valence-corrected chi connectivity index (χ4v) is 3.58. The maximum atomic E-state index is 12.9. The molecule has 1 aromatic rings. The molecule has 0 aliphatic carbocycles. The molecule has 2 aliphatic heterocycles. The molecule has 20 heavy (non-hydrogen) atoms. The van der Waals surface area contributed by atoms with Crippen LogP contribution in [0.5, 0.6) is 0 Å². The van der Waals surface area contributed by atoms with Gasteiger partial charge in [0.25, 0.3) is 0 Å². The Morgan fingerprint density at radius 1 is 1.20 bits per heavy atom. The van der Waals surface area contributed by atoms with E-state index in [1.54, 1.807) is 0 Å². The number of amides is 1. The van der Waals surface area contributed by atoms with Crippen LogP contribution in [-0.4, -0.2) is 46.8 Å². The van der Waals surface area contributed by atoms with Crippen LogP contribution in [0.3, 0.4) is 0 Å². The number of alkyl halides is 1. The Balaban J connectivity index is 1.65. The SMILES string of the molecule is O=C(CCl)N1C2CCC1CN(Cc1ccc(F)cc1)C2. The lowest BCUT2D eigenvalue weighted by Gasteiger charge is -2.41. The average Bonchev–Trinajstić information content (AvgIpc) is 2.72. The monoisotopic (exact) mass is 296 g/mol. The summed E-state index contributed by atoms with van der Waals surface area (Å²) in [5.74, 6) is -0.0720. The highest BCUT2D eigenvalue weighted by Gasteiger charge is 2.41. The number of carbonyl (C=O) groups is 1. The van der Waals surface area contributed by atoms with Crippen LogP contribution < -0.4 is 0 Å². The maximum absolute atomic E-state index is 12.9. The molecule has 5 heteroatoms. The summed E-state index contributed by atoms with van der Waals surface area (Å²) in [6, 6.07) is 7.23. The fraction of sp³-hybridized carbons (Fsp3) is 0.533.